The van der Waals surface area contributed by atoms with E-state index in [-0.39, 0.29) is 16.9 Å². The van der Waals surface area contributed by atoms with E-state index in [4.69, 9.17) is 11.6 Å². The van der Waals surface area contributed by atoms with Crippen molar-refractivity contribution in [3.05, 3.63) is 46.7 Å². The van der Waals surface area contributed by atoms with E-state index in [9.17, 15) is 8.78 Å². The summed E-state index contributed by atoms with van der Waals surface area (Å²) < 4.78 is 27.4. The van der Waals surface area contributed by atoms with Crippen molar-refractivity contribution in [3.63, 3.8) is 0 Å². The predicted molar refractivity (Wildman–Crippen MR) is 63.3 cm³/mol. The third-order valence-electron chi connectivity index (χ3n) is 2.79. The number of aromatic nitrogens is 2. The maximum atomic E-state index is 13.9. The minimum absolute atomic E-state index is 0.0775. The molecule has 7 heteroatoms. The monoisotopic (exact) mass is 253 g/mol. The summed E-state index contributed by atoms with van der Waals surface area (Å²) in [6, 6.07) is 2.18. The first-order valence-corrected chi connectivity index (χ1v) is 5.25. The summed E-state index contributed by atoms with van der Waals surface area (Å²) in [5, 5.41) is 6.24. The van der Waals surface area contributed by atoms with Gasteiger partial charge in [0, 0.05) is 11.1 Å². The standard InChI is InChI=1S/C11H13F2N5/c1-5-2-3-6(9(13)8(5)12)10(17-15)7-4-16-18-11(7)14/h2-4,10,17H,15H2,1H3,(H3,14,16,18). The quantitative estimate of drug-likeness (QED) is 0.487. The lowest BCUT2D eigenvalue weighted by molar-refractivity contribution is 0.479. The van der Waals surface area contributed by atoms with Crippen LogP contribution < -0.4 is 17.0 Å². The summed E-state index contributed by atoms with van der Waals surface area (Å²) in [6.07, 6.45) is 1.41. The number of nitrogen functional groups attached to an aromatic ring is 1. The first-order chi connectivity index (χ1) is 8.56. The minimum atomic E-state index is -0.946. The first kappa shape index (κ1) is 12.5. The van der Waals surface area contributed by atoms with Gasteiger partial charge in [-0.2, -0.15) is 5.10 Å². The largest absolute Gasteiger partial charge is 0.384 e. The third-order valence-corrected chi connectivity index (χ3v) is 2.79. The van der Waals surface area contributed by atoms with Gasteiger partial charge in [-0.25, -0.2) is 14.2 Å². The van der Waals surface area contributed by atoms with Gasteiger partial charge in [0.1, 0.15) is 5.82 Å². The van der Waals surface area contributed by atoms with Gasteiger partial charge >= 0.3 is 0 Å². The highest BCUT2D eigenvalue weighted by Gasteiger charge is 2.22. The molecular formula is C11H13F2N5. The van der Waals surface area contributed by atoms with E-state index in [1.807, 2.05) is 0 Å². The number of hydrazine groups is 1. The maximum Gasteiger partial charge on any atom is 0.164 e. The molecule has 1 aromatic heterocycles. The van der Waals surface area contributed by atoms with Crippen LogP contribution in [0.1, 0.15) is 22.7 Å². The summed E-state index contributed by atoms with van der Waals surface area (Å²) in [6.45, 7) is 1.49. The van der Waals surface area contributed by atoms with Crippen molar-refractivity contribution >= 4 is 5.82 Å². The lowest BCUT2D eigenvalue weighted by atomic mass is 9.99. The molecule has 0 aliphatic carbocycles. The van der Waals surface area contributed by atoms with E-state index < -0.39 is 17.7 Å². The topological polar surface area (TPSA) is 92.7 Å². The third kappa shape index (κ3) is 1.93. The Morgan fingerprint density at radius 2 is 2.00 bits per heavy atom. The van der Waals surface area contributed by atoms with E-state index >= 15 is 0 Å². The van der Waals surface area contributed by atoms with Gasteiger partial charge in [-0.05, 0) is 12.5 Å². The number of anilines is 1. The SMILES string of the molecule is Cc1ccc(C(NN)c2cn[nH]c2N)c(F)c1F. The Morgan fingerprint density at radius 1 is 1.28 bits per heavy atom. The predicted octanol–water partition coefficient (Wildman–Crippen LogP) is 1.13. The minimum Gasteiger partial charge on any atom is -0.384 e. The summed E-state index contributed by atoms with van der Waals surface area (Å²) in [4.78, 5) is 0. The number of nitrogens with zero attached hydrogens (tertiary/aromatic N) is 1. The molecule has 0 saturated heterocycles. The average molecular weight is 253 g/mol. The second-order valence-electron chi connectivity index (χ2n) is 3.94. The molecule has 18 heavy (non-hydrogen) atoms. The van der Waals surface area contributed by atoms with E-state index in [1.54, 1.807) is 0 Å². The molecule has 5 nitrogen and oxygen atoms in total. The van der Waals surface area contributed by atoms with Crippen molar-refractivity contribution in [2.75, 3.05) is 5.73 Å². The molecule has 1 atom stereocenters. The summed E-state index contributed by atoms with van der Waals surface area (Å²) in [5.74, 6) is 3.79. The van der Waals surface area contributed by atoms with E-state index in [1.165, 1.54) is 25.3 Å². The number of rotatable bonds is 3. The number of aryl methyl sites for hydroxylation is 1. The van der Waals surface area contributed by atoms with E-state index in [0.717, 1.165) is 0 Å². The molecule has 0 fully saturated rings. The highest BCUT2D eigenvalue weighted by atomic mass is 19.2. The Bertz CT molecular complexity index is 567. The van der Waals surface area contributed by atoms with Crippen LogP contribution in [0.15, 0.2) is 18.3 Å². The number of nitrogens with two attached hydrogens (primary N) is 2. The van der Waals surface area contributed by atoms with Crippen LogP contribution >= 0.6 is 0 Å². The first-order valence-electron chi connectivity index (χ1n) is 5.25. The molecule has 1 unspecified atom stereocenters. The normalized spacial score (nSPS) is 12.7. The summed E-state index contributed by atoms with van der Waals surface area (Å²) in [7, 11) is 0. The van der Waals surface area contributed by atoms with Crippen LogP contribution in [0.4, 0.5) is 14.6 Å². The molecule has 1 aromatic carbocycles. The van der Waals surface area contributed by atoms with Gasteiger partial charge in [0.2, 0.25) is 0 Å². The Balaban J connectivity index is 2.53. The molecule has 6 N–H and O–H groups in total. The molecule has 0 aliphatic heterocycles. The van der Waals surface area contributed by atoms with Crippen molar-refractivity contribution < 1.29 is 8.78 Å². The molecule has 0 saturated carbocycles. The fourth-order valence-electron chi connectivity index (χ4n) is 1.77. The Labute approximate surface area is 102 Å². The lowest BCUT2D eigenvalue weighted by Gasteiger charge is -2.17. The summed E-state index contributed by atoms with van der Waals surface area (Å²) >= 11 is 0. The number of benzene rings is 1. The van der Waals surface area contributed by atoms with Gasteiger partial charge in [0.15, 0.2) is 11.6 Å². The lowest BCUT2D eigenvalue weighted by Crippen LogP contribution is -2.30. The van der Waals surface area contributed by atoms with Crippen LogP contribution in [-0.4, -0.2) is 10.2 Å². The summed E-state index contributed by atoms with van der Waals surface area (Å²) in [5.41, 5.74) is 8.81. The molecule has 2 aromatic rings. The zero-order chi connectivity index (χ0) is 13.3. The van der Waals surface area contributed by atoms with E-state index in [0.29, 0.717) is 5.56 Å². The van der Waals surface area contributed by atoms with Gasteiger partial charge in [-0.1, -0.05) is 12.1 Å². The van der Waals surface area contributed by atoms with Gasteiger partial charge in [-0.15, -0.1) is 0 Å². The van der Waals surface area contributed by atoms with Gasteiger partial charge in [0.25, 0.3) is 0 Å². The van der Waals surface area contributed by atoms with Crippen LogP contribution in [-0.2, 0) is 0 Å². The zero-order valence-electron chi connectivity index (χ0n) is 9.67. The molecule has 0 aliphatic rings. The Hall–Kier alpha value is -1.99. The van der Waals surface area contributed by atoms with Crippen molar-refractivity contribution in [2.45, 2.75) is 13.0 Å². The zero-order valence-corrected chi connectivity index (χ0v) is 9.67. The number of hydrogen-bond donors (Lipinski definition) is 4. The molecule has 0 radical (unpaired) electrons. The van der Waals surface area contributed by atoms with Crippen LogP contribution in [0.2, 0.25) is 0 Å². The van der Waals surface area contributed by atoms with Gasteiger partial charge < -0.3 is 5.73 Å². The fourth-order valence-corrected chi connectivity index (χ4v) is 1.77. The number of aromatic amines is 1. The van der Waals surface area contributed by atoms with Gasteiger partial charge in [0.05, 0.1) is 12.2 Å². The number of nitrogens with one attached hydrogen (secondary N) is 2. The molecular weight excluding hydrogens is 240 g/mol. The number of H-pyrrole nitrogens is 1. The highest BCUT2D eigenvalue weighted by Crippen LogP contribution is 2.28. The van der Waals surface area contributed by atoms with Crippen LogP contribution in [0.25, 0.3) is 0 Å². The number of halogens is 2. The average Bonchev–Trinajstić information content (AvgIpc) is 2.77. The van der Waals surface area contributed by atoms with Crippen LogP contribution in [0, 0.1) is 18.6 Å². The smallest absolute Gasteiger partial charge is 0.164 e. The Kier molecular flexibility index (Phi) is 3.26. The molecule has 96 valence electrons. The van der Waals surface area contributed by atoms with Crippen molar-refractivity contribution in [2.24, 2.45) is 5.84 Å². The molecule has 2 rings (SSSR count). The van der Waals surface area contributed by atoms with Crippen LogP contribution in [0.3, 0.4) is 0 Å². The van der Waals surface area contributed by atoms with Crippen molar-refractivity contribution in [3.8, 4) is 0 Å². The van der Waals surface area contributed by atoms with Crippen LogP contribution in [0.5, 0.6) is 0 Å². The van der Waals surface area contributed by atoms with Crippen molar-refractivity contribution in [1.82, 2.24) is 15.6 Å². The Morgan fingerprint density at radius 3 is 2.56 bits per heavy atom. The van der Waals surface area contributed by atoms with Gasteiger partial charge in [-0.3, -0.25) is 10.9 Å². The second kappa shape index (κ2) is 4.71. The highest BCUT2D eigenvalue weighted by molar-refractivity contribution is 5.45. The van der Waals surface area contributed by atoms with Crippen molar-refractivity contribution in [1.29, 1.82) is 0 Å². The number of hydrogen-bond acceptors (Lipinski definition) is 4. The molecule has 0 spiro atoms. The molecule has 1 heterocycles. The molecule has 0 bridgehead atoms. The second-order valence-corrected chi connectivity index (χ2v) is 3.94. The molecule has 0 amide bonds. The van der Waals surface area contributed by atoms with E-state index in [2.05, 4.69) is 15.6 Å². The fraction of sp³-hybridized carbons (Fsp3) is 0.182. The maximum absolute atomic E-state index is 13.9.